The van der Waals surface area contributed by atoms with Crippen LogP contribution in [0.3, 0.4) is 0 Å². The summed E-state index contributed by atoms with van der Waals surface area (Å²) in [5.41, 5.74) is 1.38. The lowest BCUT2D eigenvalue weighted by Gasteiger charge is -2.41. The maximum Gasteiger partial charge on any atom is 0.269 e. The van der Waals surface area contributed by atoms with Crippen molar-refractivity contribution in [2.24, 2.45) is 0 Å². The van der Waals surface area contributed by atoms with Crippen molar-refractivity contribution in [3.63, 3.8) is 0 Å². The fourth-order valence-corrected chi connectivity index (χ4v) is 6.50. The van der Waals surface area contributed by atoms with Gasteiger partial charge in [0.25, 0.3) is 10.0 Å². The van der Waals surface area contributed by atoms with Gasteiger partial charge in [-0.3, -0.25) is 4.90 Å². The number of anilines is 1. The summed E-state index contributed by atoms with van der Waals surface area (Å²) in [7, 11) is -2.51. The van der Waals surface area contributed by atoms with Crippen molar-refractivity contribution in [1.29, 1.82) is 0 Å². The van der Waals surface area contributed by atoms with E-state index >= 15 is 4.39 Å². The van der Waals surface area contributed by atoms with E-state index in [-0.39, 0.29) is 28.4 Å². The highest BCUT2D eigenvalue weighted by Gasteiger charge is 2.32. The monoisotopic (exact) mass is 588 g/mol. The third-order valence-electron chi connectivity index (χ3n) is 6.97. The van der Waals surface area contributed by atoms with Crippen LogP contribution in [0.5, 0.6) is 0 Å². The molecule has 4 heterocycles. The molecule has 4 aromatic rings. The average Bonchev–Trinajstić information content (AvgIpc) is 3.31. The number of aliphatic hydroxyl groups is 1. The van der Waals surface area contributed by atoms with E-state index in [1.807, 2.05) is 11.8 Å². The SMILES string of the molecule is COC([C@H](C)O)N1CCCCC1Nc1nc(-c2cn(S(=O)(=O)c3ccc(C)cc3)c3ncc(Cl)cc23)ncc1F. The normalized spacial score (nSPS) is 18.1. The zero-order valence-electron chi connectivity index (χ0n) is 22.3. The molecule has 1 saturated heterocycles. The number of nitrogens with one attached hydrogen (secondary N) is 1. The number of fused-ring (bicyclic) bond motifs is 1. The number of rotatable bonds is 8. The summed E-state index contributed by atoms with van der Waals surface area (Å²) in [6, 6.07) is 8.06. The van der Waals surface area contributed by atoms with Crippen molar-refractivity contribution in [3.8, 4) is 11.4 Å². The minimum Gasteiger partial charge on any atom is -0.389 e. The molecule has 1 aromatic carbocycles. The predicted molar refractivity (Wildman–Crippen MR) is 150 cm³/mol. The first-order valence-electron chi connectivity index (χ1n) is 12.8. The van der Waals surface area contributed by atoms with Gasteiger partial charge in [0.15, 0.2) is 23.1 Å². The van der Waals surface area contributed by atoms with Crippen LogP contribution in [0, 0.1) is 12.7 Å². The standard InChI is InChI=1S/C27H30ClFN6O4S/c1-16-7-9-19(10-8-16)40(37,38)35-15-21(20-12-18(28)13-31-26(20)35)24-30-14-22(29)25(33-24)32-23-6-4-5-11-34(23)27(39-3)17(2)36/h7-10,12-15,17,23,27,36H,4-6,11H2,1-3H3,(H,30,32,33)/t17-,23?,27?/m0/s1. The summed E-state index contributed by atoms with van der Waals surface area (Å²) >= 11 is 6.23. The molecule has 3 atom stereocenters. The number of benzene rings is 1. The van der Waals surface area contributed by atoms with Gasteiger partial charge in [-0.05, 0) is 51.3 Å². The molecule has 212 valence electrons. The summed E-state index contributed by atoms with van der Waals surface area (Å²) in [5, 5.41) is 14.1. The van der Waals surface area contributed by atoms with Gasteiger partial charge in [-0.25, -0.2) is 31.7 Å². The van der Waals surface area contributed by atoms with Gasteiger partial charge in [-0.1, -0.05) is 29.3 Å². The van der Waals surface area contributed by atoms with Gasteiger partial charge in [-0.2, -0.15) is 0 Å². The van der Waals surface area contributed by atoms with Crippen molar-refractivity contribution in [3.05, 3.63) is 65.3 Å². The lowest BCUT2D eigenvalue weighted by atomic mass is 10.1. The Morgan fingerprint density at radius 1 is 1.20 bits per heavy atom. The fourth-order valence-electron chi connectivity index (χ4n) is 5.02. The fraction of sp³-hybridized carbons (Fsp3) is 0.370. The summed E-state index contributed by atoms with van der Waals surface area (Å²) in [4.78, 5) is 14.9. The molecule has 1 aliphatic rings. The van der Waals surface area contributed by atoms with E-state index < -0.39 is 28.2 Å². The van der Waals surface area contributed by atoms with Gasteiger partial charge in [0, 0.05) is 37.0 Å². The molecule has 40 heavy (non-hydrogen) atoms. The van der Waals surface area contributed by atoms with Crippen LogP contribution < -0.4 is 5.32 Å². The number of halogens is 2. The van der Waals surface area contributed by atoms with E-state index in [9.17, 15) is 13.5 Å². The predicted octanol–water partition coefficient (Wildman–Crippen LogP) is 4.41. The highest BCUT2D eigenvalue weighted by Crippen LogP contribution is 2.33. The smallest absolute Gasteiger partial charge is 0.269 e. The van der Waals surface area contributed by atoms with Crippen molar-refractivity contribution in [1.82, 2.24) is 23.8 Å². The molecular formula is C27H30ClFN6O4S. The van der Waals surface area contributed by atoms with Crippen LogP contribution in [-0.2, 0) is 14.8 Å². The maximum atomic E-state index is 15.0. The number of hydrogen-bond donors (Lipinski definition) is 2. The van der Waals surface area contributed by atoms with E-state index in [2.05, 4.69) is 20.3 Å². The zero-order valence-corrected chi connectivity index (χ0v) is 23.8. The molecular weight excluding hydrogens is 559 g/mol. The molecule has 0 aliphatic carbocycles. The number of piperidine rings is 1. The Morgan fingerprint density at radius 3 is 2.65 bits per heavy atom. The van der Waals surface area contributed by atoms with E-state index in [0.29, 0.717) is 28.9 Å². The van der Waals surface area contributed by atoms with E-state index in [0.717, 1.165) is 28.6 Å². The van der Waals surface area contributed by atoms with Gasteiger partial charge >= 0.3 is 0 Å². The van der Waals surface area contributed by atoms with Crippen LogP contribution in [0.2, 0.25) is 5.02 Å². The van der Waals surface area contributed by atoms with Gasteiger partial charge < -0.3 is 15.2 Å². The van der Waals surface area contributed by atoms with Crippen LogP contribution in [-0.4, -0.2) is 69.5 Å². The van der Waals surface area contributed by atoms with Crippen molar-refractivity contribution < 1.29 is 22.7 Å². The molecule has 2 unspecified atom stereocenters. The summed E-state index contributed by atoms with van der Waals surface area (Å²) in [5.74, 6) is -0.635. The number of nitrogens with zero attached hydrogens (tertiary/aromatic N) is 5. The first kappa shape index (κ1) is 28.4. The molecule has 1 fully saturated rings. The lowest BCUT2D eigenvalue weighted by Crippen LogP contribution is -2.54. The van der Waals surface area contributed by atoms with E-state index in [1.165, 1.54) is 31.6 Å². The second-order valence-corrected chi connectivity index (χ2v) is 12.1. The molecule has 0 bridgehead atoms. The van der Waals surface area contributed by atoms with Gasteiger partial charge in [0.2, 0.25) is 0 Å². The van der Waals surface area contributed by atoms with Gasteiger partial charge in [0.05, 0.1) is 28.4 Å². The minimum atomic E-state index is -4.03. The average molecular weight is 589 g/mol. The Kier molecular flexibility index (Phi) is 8.07. The quantitative estimate of drug-likeness (QED) is 0.308. The molecule has 0 amide bonds. The number of ether oxygens (including phenoxy) is 1. The highest BCUT2D eigenvalue weighted by atomic mass is 35.5. The Balaban J connectivity index is 1.57. The number of likely N-dealkylation sites (tertiary alicyclic amines) is 1. The number of hydrogen-bond acceptors (Lipinski definition) is 9. The van der Waals surface area contributed by atoms with Crippen molar-refractivity contribution in [2.45, 2.75) is 56.5 Å². The minimum absolute atomic E-state index is 0.0559. The summed E-state index contributed by atoms with van der Waals surface area (Å²) < 4.78 is 48.8. The molecule has 1 aliphatic heterocycles. The lowest BCUT2D eigenvalue weighted by molar-refractivity contribution is -0.120. The van der Waals surface area contributed by atoms with Crippen LogP contribution >= 0.6 is 11.6 Å². The van der Waals surface area contributed by atoms with E-state index in [4.69, 9.17) is 16.3 Å². The maximum absolute atomic E-state index is 15.0. The molecule has 13 heteroatoms. The molecule has 0 spiro atoms. The van der Waals surface area contributed by atoms with Crippen LogP contribution in [0.1, 0.15) is 31.7 Å². The summed E-state index contributed by atoms with van der Waals surface area (Å²) in [6.07, 6.45) is 4.56. The molecule has 10 nitrogen and oxygen atoms in total. The number of aryl methyl sites for hydroxylation is 1. The van der Waals surface area contributed by atoms with E-state index in [1.54, 1.807) is 25.1 Å². The topological polar surface area (TPSA) is 122 Å². The molecule has 0 saturated carbocycles. The van der Waals surface area contributed by atoms with Crippen LogP contribution in [0.15, 0.2) is 53.8 Å². The van der Waals surface area contributed by atoms with Gasteiger partial charge in [-0.15, -0.1) is 0 Å². The molecule has 2 N–H and O–H groups in total. The Labute approximate surface area is 236 Å². The highest BCUT2D eigenvalue weighted by molar-refractivity contribution is 7.90. The van der Waals surface area contributed by atoms with Crippen LogP contribution in [0.25, 0.3) is 22.4 Å². The Bertz CT molecular complexity index is 1630. The van der Waals surface area contributed by atoms with Gasteiger partial charge in [0.1, 0.15) is 6.23 Å². The third kappa shape index (κ3) is 5.41. The molecule has 0 radical (unpaired) electrons. The molecule has 5 rings (SSSR count). The van der Waals surface area contributed by atoms with Crippen molar-refractivity contribution in [2.75, 3.05) is 19.0 Å². The van der Waals surface area contributed by atoms with Crippen LogP contribution in [0.4, 0.5) is 10.2 Å². The number of aliphatic hydroxyl groups excluding tert-OH is 1. The summed E-state index contributed by atoms with van der Waals surface area (Å²) in [6.45, 7) is 4.16. The Hall–Kier alpha value is -3.16. The largest absolute Gasteiger partial charge is 0.389 e. The van der Waals surface area contributed by atoms with Crippen molar-refractivity contribution >= 4 is 38.5 Å². The second kappa shape index (κ2) is 11.4. The second-order valence-electron chi connectivity index (χ2n) is 9.83. The number of aromatic nitrogens is 4. The number of pyridine rings is 1. The molecule has 3 aromatic heterocycles. The Morgan fingerprint density at radius 2 is 1.95 bits per heavy atom. The third-order valence-corrected chi connectivity index (χ3v) is 8.84. The number of methoxy groups -OCH3 is 1. The first-order valence-corrected chi connectivity index (χ1v) is 14.7. The first-order chi connectivity index (χ1) is 19.1. The zero-order chi connectivity index (χ0) is 28.6.